The number of hydrogen-bond donors (Lipinski definition) is 2. The van der Waals surface area contributed by atoms with E-state index in [0.717, 1.165) is 10.7 Å². The van der Waals surface area contributed by atoms with Crippen molar-refractivity contribution in [1.29, 1.82) is 0 Å². The number of nitrogens with two attached hydrogens (primary N) is 1. The van der Waals surface area contributed by atoms with E-state index in [0.29, 0.717) is 6.42 Å². The molecule has 2 unspecified atom stereocenters. The first-order valence-corrected chi connectivity index (χ1v) is 5.31. The van der Waals surface area contributed by atoms with Gasteiger partial charge in [-0.05, 0) is 20.3 Å². The molecule has 0 spiro atoms. The molecule has 0 bridgehead atoms. The van der Waals surface area contributed by atoms with E-state index in [9.17, 15) is 0 Å². The monoisotopic (exact) mass is 200 g/mol. The fourth-order valence-corrected chi connectivity index (χ4v) is 2.34. The van der Waals surface area contributed by atoms with Gasteiger partial charge in [-0.25, -0.2) is 4.98 Å². The molecule has 1 aromatic heterocycles. The van der Waals surface area contributed by atoms with Crippen molar-refractivity contribution < 1.29 is 5.11 Å². The molecule has 0 aliphatic carbocycles. The van der Waals surface area contributed by atoms with Gasteiger partial charge < -0.3 is 10.8 Å². The van der Waals surface area contributed by atoms with Gasteiger partial charge in [0.2, 0.25) is 0 Å². The third kappa shape index (κ3) is 2.76. The Bertz CT molecular complexity index is 260. The lowest BCUT2D eigenvalue weighted by atomic mass is 9.99. The molecule has 0 radical (unpaired) electrons. The predicted octanol–water partition coefficient (Wildman–Crippen LogP) is 1.26. The van der Waals surface area contributed by atoms with E-state index in [1.165, 1.54) is 0 Å². The van der Waals surface area contributed by atoms with Crippen molar-refractivity contribution in [2.24, 2.45) is 5.73 Å². The molecule has 0 saturated heterocycles. The number of aryl methyl sites for hydroxylation is 1. The summed E-state index contributed by atoms with van der Waals surface area (Å²) in [6.07, 6.45) is 0.699. The Morgan fingerprint density at radius 2 is 2.38 bits per heavy atom. The lowest BCUT2D eigenvalue weighted by Gasteiger charge is -2.16. The molecule has 0 fully saturated rings. The molecule has 0 saturated carbocycles. The molecule has 0 aliphatic heterocycles. The van der Waals surface area contributed by atoms with Crippen LogP contribution in [0, 0.1) is 6.92 Å². The number of aliphatic hydroxyl groups excluding tert-OH is 1. The van der Waals surface area contributed by atoms with Crippen LogP contribution in [0.5, 0.6) is 0 Å². The second kappa shape index (κ2) is 4.69. The van der Waals surface area contributed by atoms with Crippen LogP contribution in [0.1, 0.15) is 30.0 Å². The zero-order valence-corrected chi connectivity index (χ0v) is 8.84. The highest BCUT2D eigenvalue weighted by Gasteiger charge is 2.18. The van der Waals surface area contributed by atoms with E-state index in [1.807, 2.05) is 19.2 Å². The molecule has 74 valence electrons. The van der Waals surface area contributed by atoms with Gasteiger partial charge in [0.25, 0.3) is 0 Å². The summed E-state index contributed by atoms with van der Waals surface area (Å²) in [5, 5.41) is 11.9. The fourth-order valence-electron chi connectivity index (χ4n) is 1.29. The Balaban J connectivity index is 2.75. The Kier molecular flexibility index (Phi) is 3.84. The van der Waals surface area contributed by atoms with Crippen molar-refractivity contribution in [2.75, 3.05) is 6.61 Å². The number of hydrogen-bond acceptors (Lipinski definition) is 4. The summed E-state index contributed by atoms with van der Waals surface area (Å²) >= 11 is 1.62. The number of thiazole rings is 1. The maximum Gasteiger partial charge on any atom is 0.0975 e. The van der Waals surface area contributed by atoms with E-state index < -0.39 is 0 Å². The van der Waals surface area contributed by atoms with Gasteiger partial charge in [0, 0.05) is 29.6 Å². The average Bonchev–Trinajstić information content (AvgIpc) is 2.46. The summed E-state index contributed by atoms with van der Waals surface area (Å²) in [6.45, 7) is 4.10. The molecular formula is C9H16N2OS. The SMILES string of the molecule is Cc1csc(C(CCO)C(C)N)n1. The highest BCUT2D eigenvalue weighted by Crippen LogP contribution is 2.25. The number of nitrogens with zero attached hydrogens (tertiary/aromatic N) is 1. The molecule has 1 aromatic rings. The van der Waals surface area contributed by atoms with Crippen LogP contribution in [0.4, 0.5) is 0 Å². The topological polar surface area (TPSA) is 59.1 Å². The third-order valence-electron chi connectivity index (χ3n) is 2.03. The first kappa shape index (κ1) is 10.6. The van der Waals surface area contributed by atoms with Gasteiger partial charge in [0.15, 0.2) is 0 Å². The Hall–Kier alpha value is -0.450. The summed E-state index contributed by atoms with van der Waals surface area (Å²) in [5.74, 6) is 0.198. The lowest BCUT2D eigenvalue weighted by molar-refractivity contribution is 0.269. The van der Waals surface area contributed by atoms with Crippen LogP contribution < -0.4 is 5.73 Å². The van der Waals surface area contributed by atoms with Gasteiger partial charge in [0.1, 0.15) is 0 Å². The van der Waals surface area contributed by atoms with Gasteiger partial charge in [-0.15, -0.1) is 11.3 Å². The highest BCUT2D eigenvalue weighted by atomic mass is 32.1. The lowest BCUT2D eigenvalue weighted by Crippen LogP contribution is -2.25. The molecule has 4 heteroatoms. The number of aromatic nitrogens is 1. The Morgan fingerprint density at radius 1 is 1.69 bits per heavy atom. The van der Waals surface area contributed by atoms with E-state index in [4.69, 9.17) is 10.8 Å². The fraction of sp³-hybridized carbons (Fsp3) is 0.667. The van der Waals surface area contributed by atoms with Gasteiger partial charge in [-0.3, -0.25) is 0 Å². The van der Waals surface area contributed by atoms with Gasteiger partial charge >= 0.3 is 0 Å². The van der Waals surface area contributed by atoms with Crippen LogP contribution in [-0.4, -0.2) is 22.7 Å². The van der Waals surface area contributed by atoms with Crippen molar-refractivity contribution in [2.45, 2.75) is 32.2 Å². The standard InChI is InChI=1S/C9H16N2OS/c1-6-5-13-9(11-6)8(3-4-12)7(2)10/h5,7-8,12H,3-4,10H2,1-2H3. The predicted molar refractivity (Wildman–Crippen MR) is 54.9 cm³/mol. The molecule has 0 aliphatic rings. The molecular weight excluding hydrogens is 184 g/mol. The summed E-state index contributed by atoms with van der Waals surface area (Å²) < 4.78 is 0. The largest absolute Gasteiger partial charge is 0.396 e. The summed E-state index contributed by atoms with van der Waals surface area (Å²) in [4.78, 5) is 4.38. The smallest absolute Gasteiger partial charge is 0.0975 e. The maximum absolute atomic E-state index is 8.87. The van der Waals surface area contributed by atoms with Crippen molar-refractivity contribution in [1.82, 2.24) is 4.98 Å². The first-order chi connectivity index (χ1) is 6.15. The summed E-state index contributed by atoms with van der Waals surface area (Å²) in [7, 11) is 0. The molecule has 13 heavy (non-hydrogen) atoms. The second-order valence-corrected chi connectivity index (χ2v) is 4.19. The zero-order valence-electron chi connectivity index (χ0n) is 8.03. The number of aliphatic hydroxyl groups is 1. The summed E-state index contributed by atoms with van der Waals surface area (Å²) in [5.41, 5.74) is 6.85. The third-order valence-corrected chi connectivity index (χ3v) is 3.12. The molecule has 1 heterocycles. The Labute approximate surface area is 82.6 Å². The molecule has 1 rings (SSSR count). The Morgan fingerprint density at radius 3 is 2.77 bits per heavy atom. The van der Waals surface area contributed by atoms with Crippen LogP contribution in [0.2, 0.25) is 0 Å². The molecule has 3 N–H and O–H groups in total. The van der Waals surface area contributed by atoms with Crippen molar-refractivity contribution in [3.63, 3.8) is 0 Å². The highest BCUT2D eigenvalue weighted by molar-refractivity contribution is 7.09. The van der Waals surface area contributed by atoms with E-state index in [2.05, 4.69) is 4.98 Å². The van der Waals surface area contributed by atoms with Crippen molar-refractivity contribution in [3.05, 3.63) is 16.1 Å². The zero-order chi connectivity index (χ0) is 9.84. The first-order valence-electron chi connectivity index (χ1n) is 4.43. The second-order valence-electron chi connectivity index (χ2n) is 3.31. The van der Waals surface area contributed by atoms with Crippen molar-refractivity contribution in [3.8, 4) is 0 Å². The quantitative estimate of drug-likeness (QED) is 0.769. The average molecular weight is 200 g/mol. The van der Waals surface area contributed by atoms with Crippen LogP contribution in [-0.2, 0) is 0 Å². The van der Waals surface area contributed by atoms with Crippen LogP contribution in [0.25, 0.3) is 0 Å². The number of rotatable bonds is 4. The van der Waals surface area contributed by atoms with Crippen LogP contribution in [0.3, 0.4) is 0 Å². The minimum Gasteiger partial charge on any atom is -0.396 e. The summed E-state index contributed by atoms with van der Waals surface area (Å²) in [6, 6.07) is 0.0534. The van der Waals surface area contributed by atoms with Crippen LogP contribution in [0.15, 0.2) is 5.38 Å². The van der Waals surface area contributed by atoms with E-state index in [1.54, 1.807) is 11.3 Å². The van der Waals surface area contributed by atoms with E-state index in [-0.39, 0.29) is 18.6 Å². The molecule has 3 nitrogen and oxygen atoms in total. The minimum atomic E-state index is 0.0534. The molecule has 2 atom stereocenters. The minimum absolute atomic E-state index is 0.0534. The van der Waals surface area contributed by atoms with Crippen LogP contribution >= 0.6 is 11.3 Å². The van der Waals surface area contributed by atoms with Crippen molar-refractivity contribution >= 4 is 11.3 Å². The van der Waals surface area contributed by atoms with Gasteiger partial charge in [0.05, 0.1) is 5.01 Å². The maximum atomic E-state index is 8.87. The molecule has 0 amide bonds. The van der Waals surface area contributed by atoms with E-state index >= 15 is 0 Å². The molecule has 0 aromatic carbocycles. The van der Waals surface area contributed by atoms with Gasteiger partial charge in [-0.1, -0.05) is 0 Å². The normalized spacial score (nSPS) is 15.7. The van der Waals surface area contributed by atoms with Gasteiger partial charge in [-0.2, -0.15) is 0 Å².